The van der Waals surface area contributed by atoms with Crippen molar-refractivity contribution in [2.45, 2.75) is 33.1 Å². The molecule has 0 spiro atoms. The van der Waals surface area contributed by atoms with Gasteiger partial charge in [0.25, 0.3) is 0 Å². The molecular formula is C10H20N2O3. The van der Waals surface area contributed by atoms with Gasteiger partial charge in [0.05, 0.1) is 5.92 Å². The molecule has 0 radical (unpaired) electrons. The molecule has 0 bridgehead atoms. The Bertz CT molecular complexity index is 207. The highest BCUT2D eigenvalue weighted by Gasteiger charge is 2.15. The minimum atomic E-state index is -0.869. The van der Waals surface area contributed by atoms with Gasteiger partial charge < -0.3 is 15.7 Å². The lowest BCUT2D eigenvalue weighted by molar-refractivity contribution is -0.141. The molecule has 0 heterocycles. The van der Waals surface area contributed by atoms with Crippen molar-refractivity contribution >= 4 is 12.0 Å². The highest BCUT2D eigenvalue weighted by molar-refractivity contribution is 5.75. The average molecular weight is 216 g/mol. The van der Waals surface area contributed by atoms with E-state index < -0.39 is 11.9 Å². The van der Waals surface area contributed by atoms with Crippen molar-refractivity contribution in [2.75, 3.05) is 13.1 Å². The SMILES string of the molecule is CCCCNC(=O)NCC(CC)C(=O)O. The molecule has 0 fully saturated rings. The lowest BCUT2D eigenvalue weighted by atomic mass is 10.1. The van der Waals surface area contributed by atoms with Crippen LogP contribution in [0.3, 0.4) is 0 Å². The van der Waals surface area contributed by atoms with Gasteiger partial charge in [0, 0.05) is 13.1 Å². The second kappa shape index (κ2) is 8.08. The maximum absolute atomic E-state index is 11.1. The molecule has 5 nitrogen and oxygen atoms in total. The molecule has 0 saturated heterocycles. The van der Waals surface area contributed by atoms with E-state index in [4.69, 9.17) is 5.11 Å². The quantitative estimate of drug-likeness (QED) is 0.559. The number of carbonyl (C=O) groups excluding carboxylic acids is 1. The first-order valence-electron chi connectivity index (χ1n) is 5.36. The van der Waals surface area contributed by atoms with Crippen molar-refractivity contribution in [2.24, 2.45) is 5.92 Å². The molecule has 0 aliphatic carbocycles. The van der Waals surface area contributed by atoms with Crippen LogP contribution in [0.25, 0.3) is 0 Å². The number of aliphatic carboxylic acids is 1. The Morgan fingerprint density at radius 2 is 1.93 bits per heavy atom. The van der Waals surface area contributed by atoms with Gasteiger partial charge in [-0.25, -0.2) is 4.79 Å². The molecule has 0 aromatic rings. The van der Waals surface area contributed by atoms with Gasteiger partial charge in [0.15, 0.2) is 0 Å². The van der Waals surface area contributed by atoms with Crippen LogP contribution in [0.1, 0.15) is 33.1 Å². The van der Waals surface area contributed by atoms with E-state index in [0.717, 1.165) is 12.8 Å². The first-order chi connectivity index (χ1) is 7.11. The van der Waals surface area contributed by atoms with E-state index in [0.29, 0.717) is 13.0 Å². The second-order valence-electron chi connectivity index (χ2n) is 3.43. The van der Waals surface area contributed by atoms with Crippen molar-refractivity contribution in [3.05, 3.63) is 0 Å². The zero-order chi connectivity index (χ0) is 11.7. The Balaban J connectivity index is 3.64. The highest BCUT2D eigenvalue weighted by atomic mass is 16.4. The maximum atomic E-state index is 11.1. The topological polar surface area (TPSA) is 78.4 Å². The third-order valence-corrected chi connectivity index (χ3v) is 2.17. The molecule has 15 heavy (non-hydrogen) atoms. The van der Waals surface area contributed by atoms with E-state index in [-0.39, 0.29) is 12.6 Å². The smallest absolute Gasteiger partial charge is 0.314 e. The Kier molecular flexibility index (Phi) is 7.40. The number of carbonyl (C=O) groups is 2. The van der Waals surface area contributed by atoms with E-state index in [2.05, 4.69) is 10.6 Å². The Morgan fingerprint density at radius 3 is 2.40 bits per heavy atom. The normalized spacial score (nSPS) is 11.9. The highest BCUT2D eigenvalue weighted by Crippen LogP contribution is 1.99. The molecule has 0 rings (SSSR count). The van der Waals surface area contributed by atoms with Crippen LogP contribution in [-0.2, 0) is 4.79 Å². The third-order valence-electron chi connectivity index (χ3n) is 2.17. The minimum Gasteiger partial charge on any atom is -0.481 e. The lowest BCUT2D eigenvalue weighted by Crippen LogP contribution is -2.40. The van der Waals surface area contributed by atoms with Crippen molar-refractivity contribution in [1.82, 2.24) is 10.6 Å². The van der Waals surface area contributed by atoms with Gasteiger partial charge in [0.1, 0.15) is 0 Å². The van der Waals surface area contributed by atoms with E-state index in [1.165, 1.54) is 0 Å². The molecule has 1 unspecified atom stereocenters. The fourth-order valence-corrected chi connectivity index (χ4v) is 1.06. The molecule has 0 aliphatic heterocycles. The van der Waals surface area contributed by atoms with Crippen LogP contribution in [0.5, 0.6) is 0 Å². The number of hydrogen-bond acceptors (Lipinski definition) is 2. The second-order valence-corrected chi connectivity index (χ2v) is 3.43. The molecule has 0 aromatic carbocycles. The van der Waals surface area contributed by atoms with Gasteiger partial charge in [-0.2, -0.15) is 0 Å². The standard InChI is InChI=1S/C10H20N2O3/c1-3-5-6-11-10(15)12-7-8(4-2)9(13)14/h8H,3-7H2,1-2H3,(H,13,14)(H2,11,12,15). The number of amides is 2. The molecule has 0 aromatic heterocycles. The Hall–Kier alpha value is -1.26. The Morgan fingerprint density at radius 1 is 1.27 bits per heavy atom. The van der Waals surface area contributed by atoms with Crippen LogP contribution < -0.4 is 10.6 Å². The molecular weight excluding hydrogens is 196 g/mol. The van der Waals surface area contributed by atoms with Gasteiger partial charge in [-0.3, -0.25) is 4.79 Å². The van der Waals surface area contributed by atoms with Gasteiger partial charge in [-0.15, -0.1) is 0 Å². The molecule has 2 amide bonds. The summed E-state index contributed by atoms with van der Waals surface area (Å²) in [5.74, 6) is -1.37. The number of carboxylic acid groups (broad SMARTS) is 1. The number of rotatable bonds is 7. The maximum Gasteiger partial charge on any atom is 0.314 e. The van der Waals surface area contributed by atoms with E-state index >= 15 is 0 Å². The molecule has 0 saturated carbocycles. The van der Waals surface area contributed by atoms with Crippen molar-refractivity contribution < 1.29 is 14.7 Å². The summed E-state index contributed by atoms with van der Waals surface area (Å²) in [4.78, 5) is 21.8. The van der Waals surface area contributed by atoms with E-state index in [1.54, 1.807) is 6.92 Å². The van der Waals surface area contributed by atoms with Gasteiger partial charge >= 0.3 is 12.0 Å². The van der Waals surface area contributed by atoms with Gasteiger partial charge in [-0.1, -0.05) is 20.3 Å². The van der Waals surface area contributed by atoms with Gasteiger partial charge in [0.2, 0.25) is 0 Å². The summed E-state index contributed by atoms with van der Waals surface area (Å²) in [6.07, 6.45) is 2.47. The van der Waals surface area contributed by atoms with Gasteiger partial charge in [-0.05, 0) is 12.8 Å². The molecule has 88 valence electrons. The van der Waals surface area contributed by atoms with E-state index in [1.807, 2.05) is 6.92 Å². The molecule has 5 heteroatoms. The zero-order valence-electron chi connectivity index (χ0n) is 9.38. The summed E-state index contributed by atoms with van der Waals surface area (Å²) in [6.45, 7) is 4.64. The van der Waals surface area contributed by atoms with Crippen LogP contribution in [0, 0.1) is 5.92 Å². The summed E-state index contributed by atoms with van der Waals surface area (Å²) >= 11 is 0. The fourth-order valence-electron chi connectivity index (χ4n) is 1.06. The van der Waals surface area contributed by atoms with Crippen LogP contribution in [0.15, 0.2) is 0 Å². The zero-order valence-corrected chi connectivity index (χ0v) is 9.38. The summed E-state index contributed by atoms with van der Waals surface area (Å²) < 4.78 is 0. The monoisotopic (exact) mass is 216 g/mol. The summed E-state index contributed by atoms with van der Waals surface area (Å²) in [7, 11) is 0. The molecule has 0 aliphatic rings. The number of carboxylic acids is 1. The number of urea groups is 1. The Labute approximate surface area is 90.2 Å². The summed E-state index contributed by atoms with van der Waals surface area (Å²) in [5.41, 5.74) is 0. The van der Waals surface area contributed by atoms with Crippen molar-refractivity contribution in [3.63, 3.8) is 0 Å². The van der Waals surface area contributed by atoms with Crippen molar-refractivity contribution in [1.29, 1.82) is 0 Å². The van der Waals surface area contributed by atoms with Crippen LogP contribution in [0.4, 0.5) is 4.79 Å². The van der Waals surface area contributed by atoms with Crippen molar-refractivity contribution in [3.8, 4) is 0 Å². The van der Waals surface area contributed by atoms with Crippen LogP contribution in [-0.4, -0.2) is 30.2 Å². The summed E-state index contributed by atoms with van der Waals surface area (Å²) in [5, 5.41) is 13.9. The lowest BCUT2D eigenvalue weighted by Gasteiger charge is -2.11. The third kappa shape index (κ3) is 6.76. The predicted octanol–water partition coefficient (Wildman–Crippen LogP) is 1.20. The van der Waals surface area contributed by atoms with E-state index in [9.17, 15) is 9.59 Å². The number of nitrogens with one attached hydrogen (secondary N) is 2. The molecule has 3 N–H and O–H groups in total. The fraction of sp³-hybridized carbons (Fsp3) is 0.800. The summed E-state index contributed by atoms with van der Waals surface area (Å²) in [6, 6.07) is -0.289. The first-order valence-corrected chi connectivity index (χ1v) is 5.36. The van der Waals surface area contributed by atoms with Crippen LogP contribution >= 0.6 is 0 Å². The molecule has 1 atom stereocenters. The average Bonchev–Trinajstić information content (AvgIpc) is 2.18. The minimum absolute atomic E-state index is 0.184. The number of hydrogen-bond donors (Lipinski definition) is 3. The predicted molar refractivity (Wildman–Crippen MR) is 57.7 cm³/mol. The largest absolute Gasteiger partial charge is 0.481 e. The number of unbranched alkanes of at least 4 members (excludes halogenated alkanes) is 1. The van der Waals surface area contributed by atoms with Crippen LogP contribution in [0.2, 0.25) is 0 Å². The first kappa shape index (κ1) is 13.7.